The average molecular weight is 652 g/mol. The van der Waals surface area contributed by atoms with Crippen LogP contribution in [0.2, 0.25) is 0 Å². The van der Waals surface area contributed by atoms with E-state index in [2.05, 4.69) is 159 Å². The Balaban J connectivity index is 1.15. The van der Waals surface area contributed by atoms with Crippen molar-refractivity contribution in [2.24, 2.45) is 0 Å². The van der Waals surface area contributed by atoms with E-state index in [0.29, 0.717) is 17.5 Å². The van der Waals surface area contributed by atoms with Crippen LogP contribution in [0.1, 0.15) is 25.0 Å². The van der Waals surface area contributed by atoms with Crippen LogP contribution in [-0.2, 0) is 5.41 Å². The Hall–Kier alpha value is -6.45. The second kappa shape index (κ2) is 11.3. The minimum Gasteiger partial charge on any atom is -0.208 e. The summed E-state index contributed by atoms with van der Waals surface area (Å²) in [5.74, 6) is 1.96. The highest BCUT2D eigenvalue weighted by atomic mass is 15.0. The highest BCUT2D eigenvalue weighted by Crippen LogP contribution is 2.51. The highest BCUT2D eigenvalue weighted by molar-refractivity contribution is 6.13. The van der Waals surface area contributed by atoms with Crippen LogP contribution in [0, 0.1) is 0 Å². The summed E-state index contributed by atoms with van der Waals surface area (Å²) >= 11 is 0. The van der Waals surface area contributed by atoms with Crippen molar-refractivity contribution < 1.29 is 0 Å². The third-order valence-corrected chi connectivity index (χ3v) is 10.7. The van der Waals surface area contributed by atoms with Crippen LogP contribution in [-0.4, -0.2) is 15.0 Å². The van der Waals surface area contributed by atoms with Gasteiger partial charge in [0, 0.05) is 22.1 Å². The Morgan fingerprint density at radius 2 is 0.980 bits per heavy atom. The van der Waals surface area contributed by atoms with Gasteiger partial charge >= 0.3 is 0 Å². The molecule has 240 valence electrons. The first-order valence-electron chi connectivity index (χ1n) is 17.5. The first kappa shape index (κ1) is 29.5. The van der Waals surface area contributed by atoms with Crippen molar-refractivity contribution in [3.8, 4) is 56.4 Å². The summed E-state index contributed by atoms with van der Waals surface area (Å²) in [6.07, 6.45) is 0. The van der Waals surface area contributed by atoms with E-state index in [9.17, 15) is 0 Å². The molecule has 1 aromatic heterocycles. The molecule has 0 atom stereocenters. The number of hydrogen-bond acceptors (Lipinski definition) is 3. The molecule has 1 aliphatic carbocycles. The lowest BCUT2D eigenvalue weighted by atomic mass is 9.80. The molecule has 0 N–H and O–H groups in total. The predicted molar refractivity (Wildman–Crippen MR) is 212 cm³/mol. The fourth-order valence-corrected chi connectivity index (χ4v) is 8.21. The van der Waals surface area contributed by atoms with Crippen LogP contribution in [0.15, 0.2) is 164 Å². The molecule has 51 heavy (non-hydrogen) atoms. The van der Waals surface area contributed by atoms with Crippen molar-refractivity contribution >= 4 is 32.3 Å². The Kier molecular flexibility index (Phi) is 6.53. The van der Waals surface area contributed by atoms with E-state index in [1.807, 2.05) is 18.2 Å². The van der Waals surface area contributed by atoms with Crippen molar-refractivity contribution in [1.82, 2.24) is 15.0 Å². The molecule has 0 spiro atoms. The van der Waals surface area contributed by atoms with Crippen LogP contribution in [0.3, 0.4) is 0 Å². The van der Waals surface area contributed by atoms with Crippen molar-refractivity contribution in [1.29, 1.82) is 0 Å². The molecular weight excluding hydrogens is 619 g/mol. The smallest absolute Gasteiger partial charge is 0.164 e. The maximum Gasteiger partial charge on any atom is 0.164 e. The van der Waals surface area contributed by atoms with Crippen LogP contribution >= 0.6 is 0 Å². The largest absolute Gasteiger partial charge is 0.208 e. The van der Waals surface area contributed by atoms with Gasteiger partial charge in [0.05, 0.1) is 0 Å². The minimum atomic E-state index is -0.0893. The third-order valence-electron chi connectivity index (χ3n) is 10.7. The summed E-state index contributed by atoms with van der Waals surface area (Å²) in [5.41, 5.74) is 10.6. The van der Waals surface area contributed by atoms with Crippen molar-refractivity contribution in [3.63, 3.8) is 0 Å². The SMILES string of the molecule is CC1(C)c2ccccc2-c2ccc3ccc(-c4cccc(-c5nc(-c6ccccc6)nc(-c6cc7ccccc7c7ccccc67)n5)c4)cc3c21. The molecule has 0 saturated carbocycles. The number of fused-ring (bicyclic) bond motifs is 8. The molecule has 3 heteroatoms. The normalized spacial score (nSPS) is 13.1. The number of nitrogens with zero attached hydrogens (tertiary/aromatic N) is 3. The van der Waals surface area contributed by atoms with Gasteiger partial charge < -0.3 is 0 Å². The molecule has 0 aliphatic heterocycles. The van der Waals surface area contributed by atoms with Gasteiger partial charge in [0.25, 0.3) is 0 Å². The summed E-state index contributed by atoms with van der Waals surface area (Å²) < 4.78 is 0. The molecule has 0 radical (unpaired) electrons. The average Bonchev–Trinajstić information content (AvgIpc) is 3.44. The van der Waals surface area contributed by atoms with E-state index in [1.165, 1.54) is 49.4 Å². The van der Waals surface area contributed by atoms with Gasteiger partial charge in [0.1, 0.15) is 0 Å². The summed E-state index contributed by atoms with van der Waals surface area (Å²) in [6, 6.07) is 58.4. The third kappa shape index (κ3) is 4.69. The van der Waals surface area contributed by atoms with Gasteiger partial charge in [-0.1, -0.05) is 159 Å². The van der Waals surface area contributed by atoms with Gasteiger partial charge in [-0.25, -0.2) is 15.0 Å². The Morgan fingerprint density at radius 1 is 0.353 bits per heavy atom. The van der Waals surface area contributed by atoms with Gasteiger partial charge in [0.2, 0.25) is 0 Å². The molecule has 0 fully saturated rings. The van der Waals surface area contributed by atoms with Crippen LogP contribution in [0.5, 0.6) is 0 Å². The topological polar surface area (TPSA) is 38.7 Å². The predicted octanol–water partition coefficient (Wildman–Crippen LogP) is 12.3. The van der Waals surface area contributed by atoms with Gasteiger partial charge in [-0.3, -0.25) is 0 Å². The molecule has 0 saturated heterocycles. The van der Waals surface area contributed by atoms with E-state index in [1.54, 1.807) is 0 Å². The first-order chi connectivity index (χ1) is 25.0. The zero-order valence-corrected chi connectivity index (χ0v) is 28.4. The van der Waals surface area contributed by atoms with Crippen LogP contribution in [0.25, 0.3) is 88.7 Å². The van der Waals surface area contributed by atoms with Gasteiger partial charge in [-0.15, -0.1) is 0 Å². The fraction of sp³-hybridized carbons (Fsp3) is 0.0625. The van der Waals surface area contributed by atoms with E-state index in [0.717, 1.165) is 33.0 Å². The molecule has 0 bridgehead atoms. The molecular formula is C48H33N3. The fourth-order valence-electron chi connectivity index (χ4n) is 8.21. The number of rotatable bonds is 4. The maximum atomic E-state index is 5.21. The molecule has 0 unspecified atom stereocenters. The number of benzene rings is 8. The summed E-state index contributed by atoms with van der Waals surface area (Å²) in [5, 5.41) is 7.24. The Labute approximate surface area is 297 Å². The number of aromatic nitrogens is 3. The zero-order valence-electron chi connectivity index (χ0n) is 28.4. The maximum absolute atomic E-state index is 5.21. The lowest BCUT2D eigenvalue weighted by molar-refractivity contribution is 0.666. The summed E-state index contributed by atoms with van der Waals surface area (Å²) in [4.78, 5) is 15.4. The molecule has 3 nitrogen and oxygen atoms in total. The van der Waals surface area contributed by atoms with Crippen molar-refractivity contribution in [2.75, 3.05) is 0 Å². The van der Waals surface area contributed by atoms with Crippen LogP contribution in [0.4, 0.5) is 0 Å². The van der Waals surface area contributed by atoms with Gasteiger partial charge in [-0.2, -0.15) is 0 Å². The van der Waals surface area contributed by atoms with E-state index < -0.39 is 0 Å². The lowest BCUT2D eigenvalue weighted by Crippen LogP contribution is -2.15. The molecule has 1 aliphatic rings. The molecule has 9 aromatic rings. The first-order valence-corrected chi connectivity index (χ1v) is 17.5. The monoisotopic (exact) mass is 651 g/mol. The van der Waals surface area contributed by atoms with E-state index in [4.69, 9.17) is 15.0 Å². The Bertz CT molecular complexity index is 2830. The number of hydrogen-bond donors (Lipinski definition) is 0. The van der Waals surface area contributed by atoms with E-state index >= 15 is 0 Å². The molecule has 10 rings (SSSR count). The molecule has 0 amide bonds. The summed E-state index contributed by atoms with van der Waals surface area (Å²) in [6.45, 7) is 4.71. The van der Waals surface area contributed by atoms with Gasteiger partial charge in [0.15, 0.2) is 17.5 Å². The van der Waals surface area contributed by atoms with Crippen molar-refractivity contribution in [3.05, 3.63) is 175 Å². The highest BCUT2D eigenvalue weighted by Gasteiger charge is 2.36. The summed E-state index contributed by atoms with van der Waals surface area (Å²) in [7, 11) is 0. The standard InChI is InChI=1S/C48H33N3/c1-48(2)43-22-11-10-21-39(43)40-26-25-30-23-24-33(28-41(30)44(40)48)32-16-12-17-35(27-32)46-49-45(31-13-4-3-5-14-31)50-47(51-46)42-29-34-15-6-7-18-36(34)37-19-8-9-20-38(37)42/h3-29H,1-2H3. The van der Waals surface area contributed by atoms with Crippen molar-refractivity contribution in [2.45, 2.75) is 19.3 Å². The van der Waals surface area contributed by atoms with E-state index in [-0.39, 0.29) is 5.41 Å². The quantitative estimate of drug-likeness (QED) is 0.178. The second-order valence-electron chi connectivity index (χ2n) is 14.0. The molecule has 8 aromatic carbocycles. The van der Waals surface area contributed by atoms with Crippen LogP contribution < -0.4 is 0 Å². The lowest BCUT2D eigenvalue weighted by Gasteiger charge is -2.23. The molecule has 1 heterocycles. The minimum absolute atomic E-state index is 0.0893. The van der Waals surface area contributed by atoms with Gasteiger partial charge in [-0.05, 0) is 83.9 Å². The second-order valence-corrected chi connectivity index (χ2v) is 14.0. The Morgan fingerprint density at radius 3 is 1.84 bits per heavy atom. The zero-order chi connectivity index (χ0) is 34.1.